The van der Waals surface area contributed by atoms with Gasteiger partial charge in [-0.1, -0.05) is 17.7 Å². The summed E-state index contributed by atoms with van der Waals surface area (Å²) in [6.45, 7) is 2.34. The van der Waals surface area contributed by atoms with E-state index in [9.17, 15) is 4.79 Å². The van der Waals surface area contributed by atoms with Crippen LogP contribution in [-0.4, -0.2) is 22.8 Å². The van der Waals surface area contributed by atoms with Gasteiger partial charge in [-0.15, -0.1) is 0 Å². The molecular formula is C17H15ClN2O2. The molecule has 0 atom stereocenters. The summed E-state index contributed by atoms with van der Waals surface area (Å²) in [5.74, 6) is 0.192. The Balaban J connectivity index is 1.90. The quantitative estimate of drug-likeness (QED) is 0.732. The zero-order valence-electron chi connectivity index (χ0n) is 12.3. The third kappa shape index (κ3) is 2.70. The van der Waals surface area contributed by atoms with Gasteiger partial charge in [-0.2, -0.15) is 0 Å². The van der Waals surface area contributed by atoms with E-state index in [4.69, 9.17) is 16.0 Å². The van der Waals surface area contributed by atoms with Crippen LogP contribution in [0.2, 0.25) is 5.02 Å². The molecule has 0 saturated carbocycles. The minimum atomic E-state index is -0.159. The van der Waals surface area contributed by atoms with Crippen LogP contribution in [0.1, 0.15) is 21.7 Å². The van der Waals surface area contributed by atoms with Crippen LogP contribution >= 0.6 is 11.6 Å². The third-order valence-electron chi connectivity index (χ3n) is 3.58. The first kappa shape index (κ1) is 14.6. The van der Waals surface area contributed by atoms with E-state index < -0.39 is 0 Å². The summed E-state index contributed by atoms with van der Waals surface area (Å²) < 4.78 is 5.71. The Bertz CT molecular complexity index is 827. The van der Waals surface area contributed by atoms with E-state index in [1.165, 1.54) is 0 Å². The van der Waals surface area contributed by atoms with Crippen molar-refractivity contribution in [3.8, 4) is 0 Å². The van der Waals surface area contributed by atoms with Crippen LogP contribution in [0.5, 0.6) is 0 Å². The summed E-state index contributed by atoms with van der Waals surface area (Å²) in [7, 11) is 1.74. The Morgan fingerprint density at radius 1 is 1.36 bits per heavy atom. The number of furan rings is 1. The average Bonchev–Trinajstić information content (AvgIpc) is 2.84. The highest BCUT2D eigenvalue weighted by atomic mass is 35.5. The predicted octanol–water partition coefficient (Wildman–Crippen LogP) is 4.06. The lowest BCUT2D eigenvalue weighted by molar-refractivity contribution is 0.0754. The minimum Gasteiger partial charge on any atom is -0.451 e. The topological polar surface area (TPSA) is 46.3 Å². The lowest BCUT2D eigenvalue weighted by Gasteiger charge is -2.15. The summed E-state index contributed by atoms with van der Waals surface area (Å²) in [6, 6.07) is 9.13. The van der Waals surface area contributed by atoms with Crippen LogP contribution in [0.15, 0.2) is 47.1 Å². The van der Waals surface area contributed by atoms with Crippen LogP contribution in [-0.2, 0) is 6.54 Å². The Morgan fingerprint density at radius 2 is 2.18 bits per heavy atom. The Morgan fingerprint density at radius 3 is 2.91 bits per heavy atom. The van der Waals surface area contributed by atoms with Crippen molar-refractivity contribution in [1.29, 1.82) is 0 Å². The van der Waals surface area contributed by atoms with Crippen molar-refractivity contribution in [3.63, 3.8) is 0 Å². The molecule has 0 radical (unpaired) electrons. The molecule has 0 spiro atoms. The molecule has 3 aromatic rings. The summed E-state index contributed by atoms with van der Waals surface area (Å²) >= 11 is 6.01. The van der Waals surface area contributed by atoms with E-state index in [0.717, 1.165) is 16.5 Å². The number of halogens is 1. The molecule has 2 heterocycles. The molecule has 22 heavy (non-hydrogen) atoms. The normalized spacial score (nSPS) is 10.9. The highest BCUT2D eigenvalue weighted by Gasteiger charge is 2.21. The van der Waals surface area contributed by atoms with Crippen molar-refractivity contribution < 1.29 is 9.21 Å². The van der Waals surface area contributed by atoms with Gasteiger partial charge in [0, 0.05) is 42.0 Å². The van der Waals surface area contributed by atoms with Crippen LogP contribution in [0.25, 0.3) is 11.0 Å². The number of fused-ring (bicyclic) bond motifs is 1. The average molecular weight is 315 g/mol. The fourth-order valence-corrected chi connectivity index (χ4v) is 2.58. The second-order valence-electron chi connectivity index (χ2n) is 5.22. The molecule has 5 heteroatoms. The van der Waals surface area contributed by atoms with Crippen LogP contribution in [0.4, 0.5) is 0 Å². The number of pyridine rings is 1. The third-order valence-corrected chi connectivity index (χ3v) is 3.82. The Hall–Kier alpha value is -2.33. The summed E-state index contributed by atoms with van der Waals surface area (Å²) in [5, 5.41) is 1.49. The summed E-state index contributed by atoms with van der Waals surface area (Å²) in [5.41, 5.74) is 2.44. The van der Waals surface area contributed by atoms with Gasteiger partial charge < -0.3 is 9.32 Å². The van der Waals surface area contributed by atoms with Crippen molar-refractivity contribution in [2.24, 2.45) is 0 Å². The van der Waals surface area contributed by atoms with Gasteiger partial charge in [0.2, 0.25) is 0 Å². The van der Waals surface area contributed by atoms with Crippen molar-refractivity contribution in [2.75, 3.05) is 7.05 Å². The van der Waals surface area contributed by atoms with Crippen LogP contribution in [0, 0.1) is 6.92 Å². The number of aryl methyl sites for hydroxylation is 1. The molecule has 0 unspecified atom stereocenters. The zero-order chi connectivity index (χ0) is 15.7. The SMILES string of the molecule is Cc1c(C(=O)N(C)Cc2cccnc2)oc2ccc(Cl)cc12. The highest BCUT2D eigenvalue weighted by Crippen LogP contribution is 2.28. The molecular weight excluding hydrogens is 300 g/mol. The van der Waals surface area contributed by atoms with Crippen LogP contribution < -0.4 is 0 Å². The molecule has 2 aromatic heterocycles. The number of hydrogen-bond acceptors (Lipinski definition) is 3. The standard InChI is InChI=1S/C17H15ClN2O2/c1-11-14-8-13(18)5-6-15(14)22-16(11)17(21)20(2)10-12-4-3-7-19-9-12/h3-9H,10H2,1-2H3. The number of benzene rings is 1. The van der Waals surface area contributed by atoms with Crippen molar-refractivity contribution in [3.05, 3.63) is 64.6 Å². The largest absolute Gasteiger partial charge is 0.451 e. The first-order chi connectivity index (χ1) is 10.6. The maximum Gasteiger partial charge on any atom is 0.289 e. The second kappa shape index (κ2) is 5.81. The van der Waals surface area contributed by atoms with Crippen molar-refractivity contribution in [2.45, 2.75) is 13.5 Å². The van der Waals surface area contributed by atoms with Crippen LogP contribution in [0.3, 0.4) is 0 Å². The van der Waals surface area contributed by atoms with Gasteiger partial charge in [-0.25, -0.2) is 0 Å². The summed E-state index contributed by atoms with van der Waals surface area (Å²) in [4.78, 5) is 18.3. The molecule has 0 N–H and O–H groups in total. The fourth-order valence-electron chi connectivity index (χ4n) is 2.41. The first-order valence-electron chi connectivity index (χ1n) is 6.89. The Labute approximate surface area is 133 Å². The number of carbonyl (C=O) groups excluding carboxylic acids is 1. The molecule has 0 aliphatic carbocycles. The predicted molar refractivity (Wildman–Crippen MR) is 86.0 cm³/mol. The van der Waals surface area contributed by atoms with Gasteiger partial charge in [0.25, 0.3) is 5.91 Å². The summed E-state index contributed by atoms with van der Waals surface area (Å²) in [6.07, 6.45) is 3.45. The van der Waals surface area contributed by atoms with E-state index in [2.05, 4.69) is 4.98 Å². The van der Waals surface area contributed by atoms with E-state index in [1.54, 1.807) is 36.5 Å². The number of hydrogen-bond donors (Lipinski definition) is 0. The number of nitrogens with zero attached hydrogens (tertiary/aromatic N) is 2. The van der Waals surface area contributed by atoms with Crippen molar-refractivity contribution >= 4 is 28.5 Å². The lowest BCUT2D eigenvalue weighted by Crippen LogP contribution is -2.26. The van der Waals surface area contributed by atoms with Gasteiger partial charge in [0.1, 0.15) is 5.58 Å². The minimum absolute atomic E-state index is 0.159. The van der Waals surface area contributed by atoms with Gasteiger partial charge in [-0.3, -0.25) is 9.78 Å². The number of aromatic nitrogens is 1. The fraction of sp³-hybridized carbons (Fsp3) is 0.176. The molecule has 1 aromatic carbocycles. The molecule has 1 amide bonds. The number of rotatable bonds is 3. The van der Waals surface area contributed by atoms with Crippen molar-refractivity contribution in [1.82, 2.24) is 9.88 Å². The van der Waals surface area contributed by atoms with Gasteiger partial charge in [0.15, 0.2) is 5.76 Å². The maximum absolute atomic E-state index is 12.6. The molecule has 0 fully saturated rings. The Kier molecular flexibility index (Phi) is 3.86. The lowest BCUT2D eigenvalue weighted by atomic mass is 10.1. The van der Waals surface area contributed by atoms with E-state index in [1.807, 2.05) is 25.1 Å². The number of carbonyl (C=O) groups is 1. The van der Waals surface area contributed by atoms with Gasteiger partial charge in [0.05, 0.1) is 0 Å². The molecule has 112 valence electrons. The molecule has 0 aliphatic heterocycles. The molecule has 0 aliphatic rings. The zero-order valence-corrected chi connectivity index (χ0v) is 13.1. The van der Waals surface area contributed by atoms with E-state index in [-0.39, 0.29) is 5.91 Å². The molecule has 4 nitrogen and oxygen atoms in total. The highest BCUT2D eigenvalue weighted by molar-refractivity contribution is 6.31. The maximum atomic E-state index is 12.6. The van der Waals surface area contributed by atoms with E-state index in [0.29, 0.717) is 22.9 Å². The second-order valence-corrected chi connectivity index (χ2v) is 5.66. The molecule has 3 rings (SSSR count). The molecule has 0 saturated heterocycles. The molecule has 0 bridgehead atoms. The van der Waals surface area contributed by atoms with Gasteiger partial charge in [-0.05, 0) is 36.8 Å². The first-order valence-corrected chi connectivity index (χ1v) is 7.27. The van der Waals surface area contributed by atoms with E-state index >= 15 is 0 Å². The van der Waals surface area contributed by atoms with Gasteiger partial charge >= 0.3 is 0 Å². The smallest absolute Gasteiger partial charge is 0.289 e. The number of amides is 1. The monoisotopic (exact) mass is 314 g/mol.